The molecule has 3 rings (SSSR count). The number of nitrogens with zero attached hydrogens (tertiary/aromatic N) is 4. The molecule has 5 heteroatoms. The number of halogens is 1. The molecule has 0 unspecified atom stereocenters. The van der Waals surface area contributed by atoms with Crippen LogP contribution < -0.4 is 0 Å². The average Bonchev–Trinajstić information content (AvgIpc) is 2.77. The summed E-state index contributed by atoms with van der Waals surface area (Å²) >= 11 is 5.94. The predicted octanol–water partition coefficient (Wildman–Crippen LogP) is 2.89. The Kier molecular flexibility index (Phi) is 2.52. The third kappa shape index (κ3) is 1.64. The standard InChI is InChI=1S/C13H7ClN4/c14-8-4-5-10-9(7-8)12(18-15)13(17-10)11-3-1-2-6-16-11/h1-7H. The second-order valence-corrected chi connectivity index (χ2v) is 4.22. The van der Waals surface area contributed by atoms with E-state index < -0.39 is 0 Å². The second-order valence-electron chi connectivity index (χ2n) is 3.79. The minimum Gasteiger partial charge on any atom is -0.361 e. The van der Waals surface area contributed by atoms with Gasteiger partial charge in [-0.2, -0.15) is 4.79 Å². The van der Waals surface area contributed by atoms with Gasteiger partial charge >= 0.3 is 5.71 Å². The van der Waals surface area contributed by atoms with Crippen molar-refractivity contribution in [3.05, 3.63) is 64.4 Å². The summed E-state index contributed by atoms with van der Waals surface area (Å²) in [5.74, 6) is 0. The minimum atomic E-state index is 0.395. The largest absolute Gasteiger partial charge is 0.361 e. The topological polar surface area (TPSA) is 61.7 Å². The van der Waals surface area contributed by atoms with Crippen LogP contribution in [0.3, 0.4) is 0 Å². The smallest absolute Gasteiger partial charge is 0.352 e. The van der Waals surface area contributed by atoms with Gasteiger partial charge in [0.1, 0.15) is 0 Å². The first-order valence-electron chi connectivity index (χ1n) is 5.32. The lowest BCUT2D eigenvalue weighted by Crippen LogP contribution is -2.14. The zero-order valence-corrected chi connectivity index (χ0v) is 9.96. The van der Waals surface area contributed by atoms with E-state index in [1.54, 1.807) is 24.4 Å². The van der Waals surface area contributed by atoms with Crippen LogP contribution in [-0.2, 0) is 0 Å². The molecular weight excluding hydrogens is 248 g/mol. The van der Waals surface area contributed by atoms with Crippen molar-refractivity contribution in [2.24, 2.45) is 4.99 Å². The lowest BCUT2D eigenvalue weighted by molar-refractivity contribution is -0.000156. The summed E-state index contributed by atoms with van der Waals surface area (Å²) in [7, 11) is 0. The first kappa shape index (κ1) is 10.8. The number of rotatable bonds is 1. The molecule has 0 radical (unpaired) electrons. The van der Waals surface area contributed by atoms with Gasteiger partial charge in [-0.3, -0.25) is 4.98 Å². The van der Waals surface area contributed by atoms with Crippen molar-refractivity contribution in [1.29, 1.82) is 0 Å². The van der Waals surface area contributed by atoms with Crippen LogP contribution in [0.4, 0.5) is 5.69 Å². The Hall–Kier alpha value is -2.29. The van der Waals surface area contributed by atoms with Gasteiger partial charge in [-0.05, 0) is 30.3 Å². The van der Waals surface area contributed by atoms with Crippen LogP contribution >= 0.6 is 11.6 Å². The minimum absolute atomic E-state index is 0.395. The van der Waals surface area contributed by atoms with Crippen LogP contribution in [0.2, 0.25) is 5.02 Å². The molecule has 2 aromatic rings. The van der Waals surface area contributed by atoms with Crippen LogP contribution in [0.5, 0.6) is 0 Å². The van der Waals surface area contributed by atoms with Crippen molar-refractivity contribution < 1.29 is 4.79 Å². The monoisotopic (exact) mass is 254 g/mol. The van der Waals surface area contributed by atoms with Crippen LogP contribution in [-0.4, -0.2) is 21.2 Å². The van der Waals surface area contributed by atoms with E-state index >= 15 is 0 Å². The van der Waals surface area contributed by atoms with Gasteiger partial charge in [0, 0.05) is 11.2 Å². The fourth-order valence-electron chi connectivity index (χ4n) is 1.88. The fraction of sp³-hybridized carbons (Fsp3) is 0. The van der Waals surface area contributed by atoms with Gasteiger partial charge in [0.25, 0.3) is 0 Å². The van der Waals surface area contributed by atoms with Crippen LogP contribution in [0, 0.1) is 0 Å². The maximum absolute atomic E-state index is 9.17. The van der Waals surface area contributed by atoms with Gasteiger partial charge in [0.05, 0.1) is 16.9 Å². The second kappa shape index (κ2) is 4.18. The van der Waals surface area contributed by atoms with Crippen molar-refractivity contribution in [3.63, 3.8) is 0 Å². The number of hydrogen-bond acceptors (Lipinski definition) is 2. The summed E-state index contributed by atoms with van der Waals surface area (Å²) in [6, 6.07) is 10.8. The molecule has 0 spiro atoms. The van der Waals surface area contributed by atoms with Gasteiger partial charge in [-0.15, -0.1) is 0 Å². The maximum atomic E-state index is 9.17. The Balaban J connectivity index is 2.19. The third-order valence-electron chi connectivity index (χ3n) is 2.68. The highest BCUT2D eigenvalue weighted by molar-refractivity contribution is 6.54. The third-order valence-corrected chi connectivity index (χ3v) is 2.91. The molecule has 0 amide bonds. The predicted molar refractivity (Wildman–Crippen MR) is 69.6 cm³/mol. The van der Waals surface area contributed by atoms with E-state index in [0.717, 1.165) is 5.69 Å². The van der Waals surface area contributed by atoms with Gasteiger partial charge in [-0.25, -0.2) is 4.99 Å². The first-order chi connectivity index (χ1) is 8.79. The molecule has 1 aromatic heterocycles. The molecule has 86 valence electrons. The molecule has 0 atom stereocenters. The van der Waals surface area contributed by atoms with Gasteiger partial charge < -0.3 is 5.53 Å². The number of pyridine rings is 1. The van der Waals surface area contributed by atoms with Crippen molar-refractivity contribution in [1.82, 2.24) is 4.98 Å². The van der Waals surface area contributed by atoms with Crippen molar-refractivity contribution in [3.8, 4) is 0 Å². The average molecular weight is 255 g/mol. The quantitative estimate of drug-likeness (QED) is 0.570. The lowest BCUT2D eigenvalue weighted by atomic mass is 10.1. The summed E-state index contributed by atoms with van der Waals surface area (Å²) in [4.78, 5) is 11.9. The number of fused-ring (bicyclic) bond motifs is 1. The molecule has 0 saturated heterocycles. The van der Waals surface area contributed by atoms with Crippen molar-refractivity contribution in [2.75, 3.05) is 0 Å². The van der Waals surface area contributed by atoms with E-state index in [1.165, 1.54) is 0 Å². The summed E-state index contributed by atoms with van der Waals surface area (Å²) < 4.78 is 0. The van der Waals surface area contributed by atoms with E-state index in [1.807, 2.05) is 18.2 Å². The zero-order chi connectivity index (χ0) is 12.5. The molecule has 0 aliphatic carbocycles. The molecule has 0 bridgehead atoms. The number of hydrogen-bond donors (Lipinski definition) is 0. The van der Waals surface area contributed by atoms with Crippen LogP contribution in [0.15, 0.2) is 47.6 Å². The highest BCUT2D eigenvalue weighted by atomic mass is 35.5. The summed E-state index contributed by atoms with van der Waals surface area (Å²) in [6.07, 6.45) is 1.67. The Morgan fingerprint density at radius 1 is 1.17 bits per heavy atom. The molecular formula is C13H7ClN4. The molecule has 1 aromatic carbocycles. The molecule has 1 aliphatic rings. The first-order valence-corrected chi connectivity index (χ1v) is 5.70. The highest BCUT2D eigenvalue weighted by Crippen LogP contribution is 2.30. The fourth-order valence-corrected chi connectivity index (χ4v) is 2.05. The number of benzene rings is 1. The van der Waals surface area contributed by atoms with Crippen LogP contribution in [0.25, 0.3) is 5.53 Å². The van der Waals surface area contributed by atoms with E-state index in [0.29, 0.717) is 27.7 Å². The summed E-state index contributed by atoms with van der Waals surface area (Å²) in [6.45, 7) is 0. The zero-order valence-electron chi connectivity index (χ0n) is 9.21. The Morgan fingerprint density at radius 3 is 2.78 bits per heavy atom. The Bertz CT molecular complexity index is 700. The Morgan fingerprint density at radius 2 is 2.06 bits per heavy atom. The number of aliphatic imine (C=N–C) groups is 1. The summed E-state index contributed by atoms with van der Waals surface area (Å²) in [5.41, 5.74) is 12.2. The normalized spacial score (nSPS) is 12.9. The number of aromatic nitrogens is 1. The molecule has 2 heterocycles. The molecule has 0 saturated carbocycles. The molecule has 18 heavy (non-hydrogen) atoms. The van der Waals surface area contributed by atoms with Gasteiger partial charge in [0.2, 0.25) is 0 Å². The Labute approximate surface area is 108 Å². The molecule has 0 fully saturated rings. The van der Waals surface area contributed by atoms with E-state index in [-0.39, 0.29) is 0 Å². The van der Waals surface area contributed by atoms with Crippen LogP contribution in [0.1, 0.15) is 11.3 Å². The maximum Gasteiger partial charge on any atom is 0.352 e. The van der Waals surface area contributed by atoms with Gasteiger partial charge in [-0.1, -0.05) is 17.7 Å². The van der Waals surface area contributed by atoms with E-state index in [9.17, 15) is 5.53 Å². The molecule has 1 aliphatic heterocycles. The van der Waals surface area contributed by atoms with E-state index in [2.05, 4.69) is 14.8 Å². The van der Waals surface area contributed by atoms with Gasteiger partial charge in [0.15, 0.2) is 5.71 Å². The van der Waals surface area contributed by atoms with Crippen molar-refractivity contribution >= 4 is 28.7 Å². The summed E-state index contributed by atoms with van der Waals surface area (Å²) in [5, 5.41) is 0.576. The molecule has 0 N–H and O–H groups in total. The lowest BCUT2D eigenvalue weighted by Gasteiger charge is -1.94. The molecule has 4 nitrogen and oxygen atoms in total. The van der Waals surface area contributed by atoms with Crippen molar-refractivity contribution in [2.45, 2.75) is 0 Å². The highest BCUT2D eigenvalue weighted by Gasteiger charge is 2.31. The SMILES string of the molecule is [N-]=[N+]=C1C(c2ccccn2)=Nc2ccc(Cl)cc21. The van der Waals surface area contributed by atoms with E-state index in [4.69, 9.17) is 11.6 Å².